The SMILES string of the molecule is COc1ccc(N2CCCN(C(=O)C(C)(C)C#N)CC2)cc1. The zero-order valence-corrected chi connectivity index (χ0v) is 13.5. The van der Waals surface area contributed by atoms with Gasteiger partial charge in [0, 0.05) is 31.9 Å². The van der Waals surface area contributed by atoms with E-state index < -0.39 is 5.41 Å². The summed E-state index contributed by atoms with van der Waals surface area (Å²) >= 11 is 0. The normalized spacial score (nSPS) is 15.9. The molecule has 1 aromatic rings. The Bertz CT molecular complexity index is 560. The third kappa shape index (κ3) is 3.51. The Hall–Kier alpha value is -2.22. The van der Waals surface area contributed by atoms with E-state index in [-0.39, 0.29) is 5.91 Å². The van der Waals surface area contributed by atoms with Crippen molar-refractivity contribution < 1.29 is 9.53 Å². The van der Waals surface area contributed by atoms with Gasteiger partial charge in [-0.2, -0.15) is 5.26 Å². The highest BCUT2D eigenvalue weighted by molar-refractivity contribution is 5.84. The van der Waals surface area contributed by atoms with E-state index in [1.807, 2.05) is 29.2 Å². The summed E-state index contributed by atoms with van der Waals surface area (Å²) in [5.41, 5.74) is 0.185. The number of ether oxygens (including phenoxy) is 1. The van der Waals surface area contributed by atoms with Gasteiger partial charge in [-0.1, -0.05) is 0 Å². The lowest BCUT2D eigenvalue weighted by molar-refractivity contribution is -0.137. The first-order valence-corrected chi connectivity index (χ1v) is 7.57. The van der Waals surface area contributed by atoms with E-state index >= 15 is 0 Å². The number of hydrogen-bond acceptors (Lipinski definition) is 4. The first-order valence-electron chi connectivity index (χ1n) is 7.57. The number of hydrogen-bond donors (Lipinski definition) is 0. The molecule has 0 aromatic heterocycles. The van der Waals surface area contributed by atoms with Crippen LogP contribution in [0.5, 0.6) is 5.75 Å². The molecule has 5 nitrogen and oxygen atoms in total. The number of anilines is 1. The molecule has 22 heavy (non-hydrogen) atoms. The fourth-order valence-electron chi connectivity index (χ4n) is 2.61. The minimum atomic E-state index is -0.949. The standard InChI is InChI=1S/C17H23N3O2/c1-17(2,13-18)16(21)20-10-4-9-19(11-12-20)14-5-7-15(22-3)8-6-14/h5-8H,4,9-12H2,1-3H3. The van der Waals surface area contributed by atoms with Crippen LogP contribution in [0.15, 0.2) is 24.3 Å². The van der Waals surface area contributed by atoms with Gasteiger partial charge in [0.2, 0.25) is 5.91 Å². The number of amides is 1. The quantitative estimate of drug-likeness (QED) is 0.859. The summed E-state index contributed by atoms with van der Waals surface area (Å²) < 4.78 is 5.18. The van der Waals surface area contributed by atoms with Gasteiger partial charge in [0.15, 0.2) is 0 Å². The highest BCUT2D eigenvalue weighted by Gasteiger charge is 2.32. The van der Waals surface area contributed by atoms with Crippen molar-refractivity contribution in [3.63, 3.8) is 0 Å². The lowest BCUT2D eigenvalue weighted by atomic mass is 9.94. The summed E-state index contributed by atoms with van der Waals surface area (Å²) in [6.45, 7) is 6.40. The summed E-state index contributed by atoms with van der Waals surface area (Å²) in [4.78, 5) is 16.5. The van der Waals surface area contributed by atoms with Gasteiger partial charge in [-0.3, -0.25) is 4.79 Å². The summed E-state index contributed by atoms with van der Waals surface area (Å²) in [7, 11) is 1.65. The Balaban J connectivity index is 2.03. The zero-order valence-electron chi connectivity index (χ0n) is 13.5. The van der Waals surface area contributed by atoms with Gasteiger partial charge in [0.1, 0.15) is 11.2 Å². The fourth-order valence-corrected chi connectivity index (χ4v) is 2.61. The maximum absolute atomic E-state index is 12.4. The largest absolute Gasteiger partial charge is 0.497 e. The van der Waals surface area contributed by atoms with Crippen LogP contribution in [0.2, 0.25) is 0 Å². The third-order valence-corrected chi connectivity index (χ3v) is 4.03. The van der Waals surface area contributed by atoms with E-state index in [2.05, 4.69) is 11.0 Å². The number of benzene rings is 1. The van der Waals surface area contributed by atoms with Gasteiger partial charge in [-0.05, 0) is 44.5 Å². The Kier molecular flexibility index (Phi) is 4.92. The highest BCUT2D eigenvalue weighted by atomic mass is 16.5. The second kappa shape index (κ2) is 6.69. The molecule has 0 bridgehead atoms. The van der Waals surface area contributed by atoms with E-state index in [4.69, 9.17) is 10.00 Å². The van der Waals surface area contributed by atoms with E-state index in [9.17, 15) is 4.79 Å². The molecule has 1 heterocycles. The molecule has 1 amide bonds. The molecule has 1 aliphatic rings. The average Bonchev–Trinajstić information content (AvgIpc) is 2.80. The van der Waals surface area contributed by atoms with E-state index in [1.165, 1.54) is 0 Å². The highest BCUT2D eigenvalue weighted by Crippen LogP contribution is 2.22. The molecule has 0 saturated carbocycles. The molecule has 1 fully saturated rings. The summed E-state index contributed by atoms with van der Waals surface area (Å²) in [5.74, 6) is 0.762. The minimum Gasteiger partial charge on any atom is -0.497 e. The second-order valence-electron chi connectivity index (χ2n) is 6.07. The molecule has 1 aromatic carbocycles. The Morgan fingerprint density at radius 2 is 1.86 bits per heavy atom. The van der Waals surface area contributed by atoms with Crippen LogP contribution < -0.4 is 9.64 Å². The number of rotatable bonds is 3. The van der Waals surface area contributed by atoms with Gasteiger partial charge in [0.25, 0.3) is 0 Å². The molecule has 1 saturated heterocycles. The molecule has 118 valence electrons. The molecule has 2 rings (SSSR count). The Morgan fingerprint density at radius 1 is 1.18 bits per heavy atom. The van der Waals surface area contributed by atoms with Crippen LogP contribution in [0.4, 0.5) is 5.69 Å². The van der Waals surface area contributed by atoms with E-state index in [1.54, 1.807) is 21.0 Å². The zero-order chi connectivity index (χ0) is 16.2. The first kappa shape index (κ1) is 16.2. The number of carbonyl (C=O) groups is 1. The number of nitriles is 1. The van der Waals surface area contributed by atoms with Gasteiger partial charge in [-0.15, -0.1) is 0 Å². The number of methoxy groups -OCH3 is 1. The third-order valence-electron chi connectivity index (χ3n) is 4.03. The van der Waals surface area contributed by atoms with Gasteiger partial charge >= 0.3 is 0 Å². The topological polar surface area (TPSA) is 56.6 Å². The summed E-state index contributed by atoms with van der Waals surface area (Å²) in [6.07, 6.45) is 0.902. The molecule has 0 radical (unpaired) electrons. The predicted molar refractivity (Wildman–Crippen MR) is 85.8 cm³/mol. The molecular weight excluding hydrogens is 278 g/mol. The van der Waals surface area contributed by atoms with Crippen molar-refractivity contribution in [3.05, 3.63) is 24.3 Å². The maximum atomic E-state index is 12.4. The number of carbonyl (C=O) groups excluding carboxylic acids is 1. The molecule has 0 spiro atoms. The van der Waals surface area contributed by atoms with Crippen LogP contribution in [0, 0.1) is 16.7 Å². The molecule has 0 unspecified atom stereocenters. The second-order valence-corrected chi connectivity index (χ2v) is 6.07. The number of nitrogens with zero attached hydrogens (tertiary/aromatic N) is 3. The maximum Gasteiger partial charge on any atom is 0.242 e. The van der Waals surface area contributed by atoms with Crippen LogP contribution in [0.25, 0.3) is 0 Å². The van der Waals surface area contributed by atoms with Crippen LogP contribution in [-0.4, -0.2) is 44.1 Å². The van der Waals surface area contributed by atoms with Crippen molar-refractivity contribution in [1.29, 1.82) is 5.26 Å². The summed E-state index contributed by atoms with van der Waals surface area (Å²) in [6, 6.07) is 10.1. The van der Waals surface area contributed by atoms with Crippen molar-refractivity contribution in [1.82, 2.24) is 4.90 Å². The Morgan fingerprint density at radius 3 is 2.45 bits per heavy atom. The van der Waals surface area contributed by atoms with Gasteiger partial charge < -0.3 is 14.5 Å². The van der Waals surface area contributed by atoms with Gasteiger partial charge in [0.05, 0.1) is 13.2 Å². The fraction of sp³-hybridized carbons (Fsp3) is 0.529. The lowest BCUT2D eigenvalue weighted by Crippen LogP contribution is -2.42. The van der Waals surface area contributed by atoms with Crippen LogP contribution >= 0.6 is 0 Å². The van der Waals surface area contributed by atoms with E-state index in [0.717, 1.165) is 30.9 Å². The van der Waals surface area contributed by atoms with Crippen molar-refractivity contribution in [2.45, 2.75) is 20.3 Å². The molecular formula is C17H23N3O2. The van der Waals surface area contributed by atoms with Crippen molar-refractivity contribution in [3.8, 4) is 11.8 Å². The smallest absolute Gasteiger partial charge is 0.242 e. The molecule has 0 aliphatic carbocycles. The predicted octanol–water partition coefficient (Wildman–Crippen LogP) is 2.28. The molecule has 0 N–H and O–H groups in total. The van der Waals surface area contributed by atoms with Crippen LogP contribution in [0.3, 0.4) is 0 Å². The molecule has 5 heteroatoms. The van der Waals surface area contributed by atoms with Crippen molar-refractivity contribution in [2.75, 3.05) is 38.2 Å². The van der Waals surface area contributed by atoms with Gasteiger partial charge in [-0.25, -0.2) is 0 Å². The first-order chi connectivity index (χ1) is 10.5. The monoisotopic (exact) mass is 301 g/mol. The van der Waals surface area contributed by atoms with Crippen molar-refractivity contribution >= 4 is 11.6 Å². The summed E-state index contributed by atoms with van der Waals surface area (Å²) in [5, 5.41) is 9.13. The van der Waals surface area contributed by atoms with E-state index in [0.29, 0.717) is 13.1 Å². The lowest BCUT2D eigenvalue weighted by Gasteiger charge is -2.27. The average molecular weight is 301 g/mol. The van der Waals surface area contributed by atoms with Crippen molar-refractivity contribution in [2.24, 2.45) is 5.41 Å². The molecule has 1 aliphatic heterocycles. The Labute approximate surface area is 132 Å². The van der Waals surface area contributed by atoms with Crippen LogP contribution in [0.1, 0.15) is 20.3 Å². The minimum absolute atomic E-state index is 0.0772. The van der Waals surface area contributed by atoms with Crippen LogP contribution in [-0.2, 0) is 4.79 Å². The molecule has 0 atom stereocenters.